The summed E-state index contributed by atoms with van der Waals surface area (Å²) in [4.78, 5) is 25.6. The predicted molar refractivity (Wildman–Crippen MR) is 104 cm³/mol. The summed E-state index contributed by atoms with van der Waals surface area (Å²) in [5, 5.41) is 5.41. The van der Waals surface area contributed by atoms with Crippen molar-refractivity contribution in [1.29, 1.82) is 0 Å². The van der Waals surface area contributed by atoms with Gasteiger partial charge in [0, 0.05) is 11.3 Å². The summed E-state index contributed by atoms with van der Waals surface area (Å²) in [6, 6.07) is 15.1. The first-order valence-corrected chi connectivity index (χ1v) is 9.53. The molecule has 0 aliphatic carbocycles. The zero-order valence-corrected chi connectivity index (χ0v) is 15.6. The lowest BCUT2D eigenvalue weighted by atomic mass is 10.1. The van der Waals surface area contributed by atoms with Crippen LogP contribution in [0.3, 0.4) is 0 Å². The van der Waals surface area contributed by atoms with Crippen LogP contribution < -0.4 is 15.4 Å². The lowest BCUT2D eigenvalue weighted by molar-refractivity contribution is -0.124. The number of ether oxygens (including phenoxy) is 1. The molecule has 5 nitrogen and oxygen atoms in total. The molecular weight excluding hydrogens is 348 g/mol. The quantitative estimate of drug-likeness (QED) is 0.812. The fourth-order valence-corrected chi connectivity index (χ4v) is 3.91. The first-order chi connectivity index (χ1) is 12.6. The Morgan fingerprint density at radius 3 is 2.69 bits per heavy atom. The van der Waals surface area contributed by atoms with Gasteiger partial charge in [0.2, 0.25) is 11.8 Å². The second-order valence-electron chi connectivity index (χ2n) is 6.09. The van der Waals surface area contributed by atoms with Crippen LogP contribution in [0, 0.1) is 0 Å². The molecule has 3 rings (SSSR count). The molecule has 2 atom stereocenters. The molecule has 0 radical (unpaired) electrons. The highest BCUT2D eigenvalue weighted by Crippen LogP contribution is 2.36. The first kappa shape index (κ1) is 18.3. The van der Waals surface area contributed by atoms with Crippen molar-refractivity contribution in [3.63, 3.8) is 0 Å². The SMILES string of the molecule is CCOc1ccc(C(C)NC(=O)CC2Sc3ccccc3NC2=O)cc1. The van der Waals surface area contributed by atoms with E-state index in [-0.39, 0.29) is 24.3 Å². The molecule has 1 aliphatic heterocycles. The minimum Gasteiger partial charge on any atom is -0.494 e. The van der Waals surface area contributed by atoms with E-state index >= 15 is 0 Å². The number of carbonyl (C=O) groups is 2. The highest BCUT2D eigenvalue weighted by molar-refractivity contribution is 8.01. The van der Waals surface area contributed by atoms with Crippen molar-refractivity contribution >= 4 is 29.3 Å². The zero-order valence-electron chi connectivity index (χ0n) is 14.8. The van der Waals surface area contributed by atoms with Crippen LogP contribution in [-0.4, -0.2) is 23.7 Å². The number of benzene rings is 2. The number of para-hydroxylation sites is 1. The van der Waals surface area contributed by atoms with Gasteiger partial charge in [0.15, 0.2) is 0 Å². The minimum absolute atomic E-state index is 0.127. The molecule has 6 heteroatoms. The summed E-state index contributed by atoms with van der Waals surface area (Å²) in [6.45, 7) is 4.49. The van der Waals surface area contributed by atoms with Gasteiger partial charge in [-0.25, -0.2) is 0 Å². The molecule has 2 N–H and O–H groups in total. The molecule has 0 saturated heterocycles. The number of fused-ring (bicyclic) bond motifs is 1. The van der Waals surface area contributed by atoms with Gasteiger partial charge in [-0.3, -0.25) is 9.59 Å². The van der Waals surface area contributed by atoms with E-state index in [1.54, 1.807) is 0 Å². The summed E-state index contributed by atoms with van der Waals surface area (Å²) >= 11 is 1.43. The highest BCUT2D eigenvalue weighted by atomic mass is 32.2. The van der Waals surface area contributed by atoms with Crippen molar-refractivity contribution in [2.24, 2.45) is 0 Å². The molecule has 136 valence electrons. The van der Waals surface area contributed by atoms with Gasteiger partial charge in [0.1, 0.15) is 5.75 Å². The van der Waals surface area contributed by atoms with Gasteiger partial charge in [-0.2, -0.15) is 0 Å². The molecule has 2 aromatic carbocycles. The maximum absolute atomic E-state index is 12.4. The average Bonchev–Trinajstić information content (AvgIpc) is 2.63. The third-order valence-corrected chi connectivity index (χ3v) is 5.42. The van der Waals surface area contributed by atoms with Gasteiger partial charge in [-0.05, 0) is 43.7 Å². The van der Waals surface area contributed by atoms with Gasteiger partial charge in [-0.1, -0.05) is 24.3 Å². The third kappa shape index (κ3) is 4.38. The van der Waals surface area contributed by atoms with Crippen molar-refractivity contribution < 1.29 is 14.3 Å². The average molecular weight is 370 g/mol. The zero-order chi connectivity index (χ0) is 18.5. The van der Waals surface area contributed by atoms with Gasteiger partial charge in [0.05, 0.1) is 23.6 Å². The summed E-state index contributed by atoms with van der Waals surface area (Å²) in [5.74, 6) is 0.541. The number of nitrogens with one attached hydrogen (secondary N) is 2. The van der Waals surface area contributed by atoms with E-state index < -0.39 is 5.25 Å². The number of anilines is 1. The van der Waals surface area contributed by atoms with Gasteiger partial charge < -0.3 is 15.4 Å². The number of rotatable bonds is 6. The van der Waals surface area contributed by atoms with E-state index in [2.05, 4.69) is 10.6 Å². The van der Waals surface area contributed by atoms with Crippen LogP contribution in [0.5, 0.6) is 5.75 Å². The van der Waals surface area contributed by atoms with Crippen molar-refractivity contribution in [2.45, 2.75) is 36.5 Å². The minimum atomic E-state index is -0.419. The second-order valence-corrected chi connectivity index (χ2v) is 7.33. The Hall–Kier alpha value is -2.47. The summed E-state index contributed by atoms with van der Waals surface area (Å²) < 4.78 is 5.43. The van der Waals surface area contributed by atoms with Gasteiger partial charge >= 0.3 is 0 Å². The lowest BCUT2D eigenvalue weighted by Crippen LogP contribution is -2.35. The molecule has 0 fully saturated rings. The third-order valence-electron chi connectivity index (χ3n) is 4.15. The topological polar surface area (TPSA) is 67.4 Å². The largest absolute Gasteiger partial charge is 0.494 e. The summed E-state index contributed by atoms with van der Waals surface area (Å²) in [6.07, 6.45) is 0.145. The maximum atomic E-state index is 12.4. The molecular formula is C20H22N2O3S. The number of carbonyl (C=O) groups excluding carboxylic acids is 2. The number of hydrogen-bond acceptors (Lipinski definition) is 4. The van der Waals surface area contributed by atoms with Crippen LogP contribution in [0.4, 0.5) is 5.69 Å². The Morgan fingerprint density at radius 2 is 1.96 bits per heavy atom. The lowest BCUT2D eigenvalue weighted by Gasteiger charge is -2.24. The summed E-state index contributed by atoms with van der Waals surface area (Å²) in [7, 11) is 0. The second kappa shape index (κ2) is 8.27. The van der Waals surface area contributed by atoms with Crippen LogP contribution >= 0.6 is 11.8 Å². The van der Waals surface area contributed by atoms with Crippen LogP contribution in [0.2, 0.25) is 0 Å². The normalized spacial score (nSPS) is 17.0. The molecule has 0 saturated carbocycles. The van der Waals surface area contributed by atoms with Crippen molar-refractivity contribution in [2.75, 3.05) is 11.9 Å². The molecule has 26 heavy (non-hydrogen) atoms. The molecule has 0 bridgehead atoms. The van der Waals surface area contributed by atoms with E-state index in [1.165, 1.54) is 11.8 Å². The summed E-state index contributed by atoms with van der Waals surface area (Å²) in [5.41, 5.74) is 1.80. The molecule has 0 spiro atoms. The Labute approximate surface area is 157 Å². The van der Waals surface area contributed by atoms with Crippen LogP contribution in [0.1, 0.15) is 31.9 Å². The van der Waals surface area contributed by atoms with Gasteiger partial charge in [-0.15, -0.1) is 11.8 Å². The Bertz CT molecular complexity index is 792. The number of amides is 2. The van der Waals surface area contributed by atoms with E-state index in [4.69, 9.17) is 4.74 Å². The standard InChI is InChI=1S/C20H22N2O3S/c1-3-25-15-10-8-14(9-11-15)13(2)21-19(23)12-18-20(24)22-16-6-4-5-7-17(16)26-18/h4-11,13,18H,3,12H2,1-2H3,(H,21,23)(H,22,24). The van der Waals surface area contributed by atoms with Crippen LogP contribution in [0.15, 0.2) is 53.4 Å². The molecule has 2 aromatic rings. The van der Waals surface area contributed by atoms with Gasteiger partial charge in [0.25, 0.3) is 0 Å². The smallest absolute Gasteiger partial charge is 0.238 e. The number of thioether (sulfide) groups is 1. The molecule has 1 heterocycles. The van der Waals surface area contributed by atoms with Crippen molar-refractivity contribution in [3.8, 4) is 5.75 Å². The first-order valence-electron chi connectivity index (χ1n) is 8.65. The Morgan fingerprint density at radius 1 is 1.23 bits per heavy atom. The Balaban J connectivity index is 1.57. The van der Waals surface area contributed by atoms with Crippen LogP contribution in [-0.2, 0) is 9.59 Å². The maximum Gasteiger partial charge on any atom is 0.238 e. The van der Waals surface area contributed by atoms with E-state index in [0.29, 0.717) is 6.61 Å². The van der Waals surface area contributed by atoms with Crippen molar-refractivity contribution in [3.05, 3.63) is 54.1 Å². The molecule has 0 aromatic heterocycles. The Kier molecular flexibility index (Phi) is 5.83. The highest BCUT2D eigenvalue weighted by Gasteiger charge is 2.29. The van der Waals surface area contributed by atoms with Crippen molar-refractivity contribution in [1.82, 2.24) is 5.32 Å². The molecule has 1 aliphatic rings. The van der Waals surface area contributed by atoms with E-state index in [1.807, 2.05) is 62.4 Å². The predicted octanol–water partition coefficient (Wildman–Crippen LogP) is 3.77. The van der Waals surface area contributed by atoms with Crippen LogP contribution in [0.25, 0.3) is 0 Å². The fourth-order valence-electron chi connectivity index (χ4n) is 2.80. The number of hydrogen-bond donors (Lipinski definition) is 2. The molecule has 2 unspecified atom stereocenters. The molecule has 2 amide bonds. The van der Waals surface area contributed by atoms with E-state index in [0.717, 1.165) is 21.9 Å². The monoisotopic (exact) mass is 370 g/mol. The van der Waals surface area contributed by atoms with E-state index in [9.17, 15) is 9.59 Å². The fraction of sp³-hybridized carbons (Fsp3) is 0.300.